The number of carbonyl (C=O) groups is 2. The molecule has 5 nitrogen and oxygen atoms in total. The van der Waals surface area contributed by atoms with Gasteiger partial charge in [0.25, 0.3) is 0 Å². The first-order valence-corrected chi connectivity index (χ1v) is 4.81. The van der Waals surface area contributed by atoms with Crippen LogP contribution in [0.1, 0.15) is 19.8 Å². The van der Waals surface area contributed by atoms with Crippen molar-refractivity contribution in [1.82, 2.24) is 0 Å². The van der Waals surface area contributed by atoms with Crippen molar-refractivity contribution in [3.05, 3.63) is 0 Å². The molecule has 0 radical (unpaired) electrons. The first-order valence-electron chi connectivity index (χ1n) is 4.81. The normalized spacial score (nSPS) is 14.0. The molecule has 0 saturated carbocycles. The molecule has 0 fully saturated rings. The van der Waals surface area contributed by atoms with Gasteiger partial charge in [-0.2, -0.15) is 0 Å². The van der Waals surface area contributed by atoms with Gasteiger partial charge in [0, 0.05) is 20.5 Å². The summed E-state index contributed by atoms with van der Waals surface area (Å²) >= 11 is 0. The van der Waals surface area contributed by atoms with Crippen LogP contribution in [0.4, 0.5) is 4.39 Å². The molecule has 0 aliphatic heterocycles. The molecular weight excluding hydrogens is 219 g/mol. The fourth-order valence-electron chi connectivity index (χ4n) is 1.25. The molecule has 0 aliphatic rings. The molecule has 0 aromatic carbocycles. The fourth-order valence-corrected chi connectivity index (χ4v) is 1.25. The molecule has 0 bridgehead atoms. The van der Waals surface area contributed by atoms with Crippen LogP contribution in [0.3, 0.4) is 0 Å². The van der Waals surface area contributed by atoms with E-state index in [4.69, 9.17) is 9.47 Å². The molecule has 6 heteroatoms. The van der Waals surface area contributed by atoms with Gasteiger partial charge in [-0.3, -0.25) is 9.59 Å². The van der Waals surface area contributed by atoms with Crippen molar-refractivity contribution in [2.75, 3.05) is 27.5 Å². The zero-order valence-electron chi connectivity index (χ0n) is 9.75. The smallest absolute Gasteiger partial charge is 0.309 e. The van der Waals surface area contributed by atoms with Gasteiger partial charge in [-0.25, -0.2) is 4.39 Å². The van der Waals surface area contributed by atoms with E-state index in [0.29, 0.717) is 0 Å². The molecule has 0 amide bonds. The molecule has 0 rings (SSSR count). The van der Waals surface area contributed by atoms with Gasteiger partial charge in [-0.05, 0) is 0 Å². The maximum atomic E-state index is 13.0. The number of esters is 2. The summed E-state index contributed by atoms with van der Waals surface area (Å²) in [6.45, 7) is 0.397. The highest BCUT2D eigenvalue weighted by atomic mass is 19.1. The minimum Gasteiger partial charge on any atom is -0.469 e. The number of carbonyl (C=O) groups excluding carboxylic acids is 2. The van der Waals surface area contributed by atoms with E-state index in [2.05, 4.69) is 4.74 Å². The SMILES string of the molecule is COCC[C@@](CF)(CC(=O)OC)OC(C)=O. The van der Waals surface area contributed by atoms with Crippen LogP contribution in [-0.4, -0.2) is 45.0 Å². The van der Waals surface area contributed by atoms with Crippen LogP contribution in [0, 0.1) is 0 Å². The zero-order valence-corrected chi connectivity index (χ0v) is 9.75. The Balaban J connectivity index is 4.65. The van der Waals surface area contributed by atoms with Gasteiger partial charge in [0.1, 0.15) is 6.67 Å². The Morgan fingerprint density at radius 1 is 1.31 bits per heavy atom. The van der Waals surface area contributed by atoms with Crippen LogP contribution in [-0.2, 0) is 23.8 Å². The van der Waals surface area contributed by atoms with Crippen molar-refractivity contribution in [3.8, 4) is 0 Å². The summed E-state index contributed by atoms with van der Waals surface area (Å²) < 4.78 is 27.0. The molecule has 0 aromatic rings. The van der Waals surface area contributed by atoms with Crippen molar-refractivity contribution >= 4 is 11.9 Å². The molecule has 1 atom stereocenters. The first kappa shape index (κ1) is 14.8. The third kappa shape index (κ3) is 5.06. The highest BCUT2D eigenvalue weighted by Crippen LogP contribution is 2.23. The van der Waals surface area contributed by atoms with Crippen LogP contribution in [0.2, 0.25) is 0 Å². The highest BCUT2D eigenvalue weighted by molar-refractivity contribution is 5.72. The summed E-state index contributed by atoms with van der Waals surface area (Å²) in [5.74, 6) is -1.27. The molecule has 0 aromatic heterocycles. The molecule has 0 saturated heterocycles. The zero-order chi connectivity index (χ0) is 12.6. The summed E-state index contributed by atoms with van der Waals surface area (Å²) in [7, 11) is 2.63. The lowest BCUT2D eigenvalue weighted by atomic mass is 9.97. The second-order valence-corrected chi connectivity index (χ2v) is 3.41. The van der Waals surface area contributed by atoms with Gasteiger partial charge < -0.3 is 14.2 Å². The number of methoxy groups -OCH3 is 2. The van der Waals surface area contributed by atoms with Crippen LogP contribution in [0.5, 0.6) is 0 Å². The van der Waals surface area contributed by atoms with E-state index < -0.39 is 24.2 Å². The van der Waals surface area contributed by atoms with Crippen molar-refractivity contribution in [1.29, 1.82) is 0 Å². The topological polar surface area (TPSA) is 61.8 Å². The monoisotopic (exact) mass is 236 g/mol. The van der Waals surface area contributed by atoms with Crippen LogP contribution >= 0.6 is 0 Å². The molecule has 0 heterocycles. The molecule has 0 unspecified atom stereocenters. The molecule has 0 aliphatic carbocycles. The molecule has 94 valence electrons. The van der Waals surface area contributed by atoms with E-state index in [1.54, 1.807) is 0 Å². The van der Waals surface area contributed by atoms with Crippen molar-refractivity contribution in [2.45, 2.75) is 25.4 Å². The Hall–Kier alpha value is -1.17. The minimum absolute atomic E-state index is 0.106. The lowest BCUT2D eigenvalue weighted by molar-refractivity contribution is -0.168. The van der Waals surface area contributed by atoms with E-state index in [1.807, 2.05) is 0 Å². The van der Waals surface area contributed by atoms with Gasteiger partial charge in [-0.15, -0.1) is 0 Å². The van der Waals surface area contributed by atoms with Crippen molar-refractivity contribution in [2.24, 2.45) is 0 Å². The number of alkyl halides is 1. The van der Waals surface area contributed by atoms with E-state index in [0.717, 1.165) is 6.92 Å². The van der Waals surface area contributed by atoms with Gasteiger partial charge in [-0.1, -0.05) is 0 Å². The summed E-state index contributed by atoms with van der Waals surface area (Å²) in [6.07, 6.45) is -0.211. The number of rotatable bonds is 7. The Labute approximate surface area is 93.9 Å². The maximum absolute atomic E-state index is 13.0. The number of halogens is 1. The van der Waals surface area contributed by atoms with Crippen LogP contribution in [0.15, 0.2) is 0 Å². The summed E-state index contributed by atoms with van der Waals surface area (Å²) in [6, 6.07) is 0. The second kappa shape index (κ2) is 7.16. The van der Waals surface area contributed by atoms with Gasteiger partial charge in [0.15, 0.2) is 5.60 Å². The third-order valence-corrected chi connectivity index (χ3v) is 2.06. The van der Waals surface area contributed by atoms with E-state index >= 15 is 0 Å². The van der Waals surface area contributed by atoms with Gasteiger partial charge in [0.05, 0.1) is 20.1 Å². The van der Waals surface area contributed by atoms with E-state index in [-0.39, 0.29) is 19.4 Å². The van der Waals surface area contributed by atoms with Crippen LogP contribution in [0.25, 0.3) is 0 Å². The second-order valence-electron chi connectivity index (χ2n) is 3.41. The highest BCUT2D eigenvalue weighted by Gasteiger charge is 2.36. The van der Waals surface area contributed by atoms with E-state index in [1.165, 1.54) is 14.2 Å². The van der Waals surface area contributed by atoms with Gasteiger partial charge >= 0.3 is 11.9 Å². The molecular formula is C10H17FO5. The fraction of sp³-hybridized carbons (Fsp3) is 0.800. The quantitative estimate of drug-likeness (QED) is 0.613. The Bertz CT molecular complexity index is 243. The lowest BCUT2D eigenvalue weighted by Gasteiger charge is -2.29. The number of hydrogen-bond donors (Lipinski definition) is 0. The lowest BCUT2D eigenvalue weighted by Crippen LogP contribution is -2.40. The molecule has 0 spiro atoms. The average Bonchev–Trinajstić information content (AvgIpc) is 2.25. The standard InChI is InChI=1S/C10H17FO5/c1-8(12)16-10(7-11,4-5-14-2)6-9(13)15-3/h4-7H2,1-3H3/t10-/m0/s1. The minimum atomic E-state index is -1.48. The number of hydrogen-bond acceptors (Lipinski definition) is 5. The maximum Gasteiger partial charge on any atom is 0.309 e. The number of ether oxygens (including phenoxy) is 3. The Morgan fingerprint density at radius 2 is 1.94 bits per heavy atom. The summed E-state index contributed by atoms with van der Waals surface area (Å²) in [4.78, 5) is 22.0. The predicted octanol–water partition coefficient (Wildman–Crippen LogP) is 0.857. The van der Waals surface area contributed by atoms with E-state index in [9.17, 15) is 14.0 Å². The van der Waals surface area contributed by atoms with Gasteiger partial charge in [0.2, 0.25) is 0 Å². The summed E-state index contributed by atoms with van der Waals surface area (Å²) in [5.41, 5.74) is -1.48. The summed E-state index contributed by atoms with van der Waals surface area (Å²) in [5, 5.41) is 0. The Morgan fingerprint density at radius 3 is 2.31 bits per heavy atom. The first-order chi connectivity index (χ1) is 7.49. The predicted molar refractivity (Wildman–Crippen MR) is 53.6 cm³/mol. The largest absolute Gasteiger partial charge is 0.469 e. The van der Waals surface area contributed by atoms with Crippen molar-refractivity contribution < 1.29 is 28.2 Å². The van der Waals surface area contributed by atoms with Crippen LogP contribution < -0.4 is 0 Å². The average molecular weight is 236 g/mol. The van der Waals surface area contributed by atoms with Crippen molar-refractivity contribution in [3.63, 3.8) is 0 Å². The molecule has 16 heavy (non-hydrogen) atoms. The third-order valence-electron chi connectivity index (χ3n) is 2.06. The Kier molecular flexibility index (Phi) is 6.64. The molecule has 0 N–H and O–H groups in total.